The standard InChI is InChI=1S/C19H20FNOS/c20-16-6-4-15(5-7-16)19-18(14-8-10-21-11-9-14)13-17(23-19)3-1-2-12-22/h4-11,13,18-19,22H,1-3,12H2. The van der Waals surface area contributed by atoms with Gasteiger partial charge in [-0.3, -0.25) is 4.98 Å². The summed E-state index contributed by atoms with van der Waals surface area (Å²) in [5, 5.41) is 9.22. The summed E-state index contributed by atoms with van der Waals surface area (Å²) in [6.07, 6.45) is 8.78. The summed E-state index contributed by atoms with van der Waals surface area (Å²) in [5.74, 6) is 0.0749. The van der Waals surface area contributed by atoms with Crippen LogP contribution in [0.3, 0.4) is 0 Å². The molecule has 0 spiro atoms. The Morgan fingerprint density at radius 3 is 2.43 bits per heavy atom. The second kappa shape index (κ2) is 7.75. The molecule has 2 unspecified atom stereocenters. The van der Waals surface area contributed by atoms with Crippen LogP contribution in [-0.4, -0.2) is 16.7 Å². The molecule has 2 atom stereocenters. The van der Waals surface area contributed by atoms with Crippen LogP contribution < -0.4 is 0 Å². The molecule has 0 radical (unpaired) electrons. The number of nitrogens with zero attached hydrogens (tertiary/aromatic N) is 1. The number of aliphatic hydroxyl groups is 1. The van der Waals surface area contributed by atoms with E-state index >= 15 is 0 Å². The number of aliphatic hydroxyl groups excluding tert-OH is 1. The minimum atomic E-state index is -0.201. The number of hydrogen-bond acceptors (Lipinski definition) is 3. The molecule has 0 fully saturated rings. The largest absolute Gasteiger partial charge is 0.396 e. The Hall–Kier alpha value is -1.65. The zero-order valence-corrected chi connectivity index (χ0v) is 13.7. The fraction of sp³-hybridized carbons (Fsp3) is 0.316. The van der Waals surface area contributed by atoms with Gasteiger partial charge in [-0.05, 0) is 59.6 Å². The van der Waals surface area contributed by atoms with E-state index in [0.717, 1.165) is 24.8 Å². The Labute approximate surface area is 140 Å². The van der Waals surface area contributed by atoms with Crippen LogP contribution in [0.15, 0.2) is 59.8 Å². The van der Waals surface area contributed by atoms with Crippen molar-refractivity contribution in [2.45, 2.75) is 30.4 Å². The molecule has 1 aliphatic rings. The van der Waals surface area contributed by atoms with E-state index in [4.69, 9.17) is 5.11 Å². The molecular formula is C19H20FNOS. The molecule has 1 N–H and O–H groups in total. The lowest BCUT2D eigenvalue weighted by Crippen LogP contribution is -2.02. The minimum absolute atomic E-state index is 0.201. The molecule has 0 saturated carbocycles. The van der Waals surface area contributed by atoms with Crippen molar-refractivity contribution in [2.75, 3.05) is 6.61 Å². The zero-order chi connectivity index (χ0) is 16.1. The predicted octanol–water partition coefficient (Wildman–Crippen LogP) is 4.84. The average molecular weight is 329 g/mol. The third-order valence-electron chi connectivity index (χ3n) is 4.09. The van der Waals surface area contributed by atoms with Crippen LogP contribution in [0.2, 0.25) is 0 Å². The Balaban J connectivity index is 1.84. The molecule has 0 bridgehead atoms. The number of pyridine rings is 1. The molecular weight excluding hydrogens is 309 g/mol. The topological polar surface area (TPSA) is 33.1 Å². The van der Waals surface area contributed by atoms with Crippen molar-refractivity contribution in [2.24, 2.45) is 0 Å². The summed E-state index contributed by atoms with van der Waals surface area (Å²) in [4.78, 5) is 5.46. The first kappa shape index (κ1) is 16.2. The molecule has 0 amide bonds. The highest BCUT2D eigenvalue weighted by atomic mass is 32.2. The van der Waals surface area contributed by atoms with Gasteiger partial charge in [0.05, 0.1) is 0 Å². The minimum Gasteiger partial charge on any atom is -0.396 e. The highest BCUT2D eigenvalue weighted by molar-refractivity contribution is 8.03. The van der Waals surface area contributed by atoms with Crippen molar-refractivity contribution in [3.05, 3.63) is 76.7 Å². The first-order chi connectivity index (χ1) is 11.3. The molecule has 120 valence electrons. The molecule has 2 heterocycles. The second-order valence-corrected chi connectivity index (χ2v) is 6.98. The van der Waals surface area contributed by atoms with E-state index < -0.39 is 0 Å². The van der Waals surface area contributed by atoms with Gasteiger partial charge in [0.25, 0.3) is 0 Å². The zero-order valence-electron chi connectivity index (χ0n) is 12.9. The van der Waals surface area contributed by atoms with Gasteiger partial charge >= 0.3 is 0 Å². The van der Waals surface area contributed by atoms with Gasteiger partial charge in [-0.15, -0.1) is 11.8 Å². The molecule has 2 aromatic rings. The molecule has 4 heteroatoms. The lowest BCUT2D eigenvalue weighted by atomic mass is 9.91. The normalized spacial score (nSPS) is 20.5. The number of thioether (sulfide) groups is 1. The van der Waals surface area contributed by atoms with Crippen molar-refractivity contribution in [3.63, 3.8) is 0 Å². The monoisotopic (exact) mass is 329 g/mol. The second-order valence-electron chi connectivity index (χ2n) is 5.71. The summed E-state index contributed by atoms with van der Waals surface area (Å²) in [7, 11) is 0. The number of unbranched alkanes of at least 4 members (excludes halogenated alkanes) is 1. The lowest BCUT2D eigenvalue weighted by Gasteiger charge is -2.19. The third-order valence-corrected chi connectivity index (χ3v) is 5.55. The van der Waals surface area contributed by atoms with Gasteiger partial charge in [0.15, 0.2) is 0 Å². The van der Waals surface area contributed by atoms with E-state index in [0.29, 0.717) is 0 Å². The Kier molecular flexibility index (Phi) is 5.47. The van der Waals surface area contributed by atoms with Crippen molar-refractivity contribution in [1.82, 2.24) is 4.98 Å². The Morgan fingerprint density at radius 2 is 1.74 bits per heavy atom. The van der Waals surface area contributed by atoms with Gasteiger partial charge in [-0.25, -0.2) is 4.39 Å². The van der Waals surface area contributed by atoms with E-state index in [1.54, 1.807) is 0 Å². The molecule has 1 aliphatic heterocycles. The SMILES string of the molecule is OCCCCC1=CC(c2ccncc2)C(c2ccc(F)cc2)S1. The molecule has 1 aromatic carbocycles. The molecule has 2 nitrogen and oxygen atoms in total. The Bertz CT molecular complexity index is 657. The lowest BCUT2D eigenvalue weighted by molar-refractivity contribution is 0.285. The van der Waals surface area contributed by atoms with Gasteiger partial charge in [0.2, 0.25) is 0 Å². The van der Waals surface area contributed by atoms with E-state index in [1.165, 1.54) is 22.6 Å². The third kappa shape index (κ3) is 4.01. The van der Waals surface area contributed by atoms with Gasteiger partial charge in [0, 0.05) is 30.2 Å². The molecule has 23 heavy (non-hydrogen) atoms. The van der Waals surface area contributed by atoms with Crippen LogP contribution in [0.5, 0.6) is 0 Å². The van der Waals surface area contributed by atoms with Crippen LogP contribution >= 0.6 is 11.8 Å². The first-order valence-corrected chi connectivity index (χ1v) is 8.79. The fourth-order valence-electron chi connectivity index (χ4n) is 2.90. The predicted molar refractivity (Wildman–Crippen MR) is 92.7 cm³/mol. The molecule has 0 aliphatic carbocycles. The maximum absolute atomic E-state index is 13.2. The fourth-order valence-corrected chi connectivity index (χ4v) is 4.39. The van der Waals surface area contributed by atoms with Crippen LogP contribution in [0, 0.1) is 5.82 Å². The van der Waals surface area contributed by atoms with Crippen LogP contribution in [0.1, 0.15) is 41.6 Å². The number of halogens is 1. The van der Waals surface area contributed by atoms with Crippen molar-refractivity contribution in [3.8, 4) is 0 Å². The summed E-state index contributed by atoms with van der Waals surface area (Å²) in [6.45, 7) is 0.243. The van der Waals surface area contributed by atoms with E-state index in [9.17, 15) is 4.39 Å². The maximum Gasteiger partial charge on any atom is 0.123 e. The quantitative estimate of drug-likeness (QED) is 0.770. The van der Waals surface area contributed by atoms with Crippen molar-refractivity contribution in [1.29, 1.82) is 0 Å². The van der Waals surface area contributed by atoms with E-state index in [1.807, 2.05) is 36.3 Å². The number of benzene rings is 1. The number of rotatable bonds is 6. The molecule has 1 aromatic heterocycles. The number of allylic oxidation sites excluding steroid dienone is 2. The van der Waals surface area contributed by atoms with Crippen molar-refractivity contribution < 1.29 is 9.50 Å². The highest BCUT2D eigenvalue weighted by Gasteiger charge is 2.30. The van der Waals surface area contributed by atoms with Crippen LogP contribution in [0.4, 0.5) is 4.39 Å². The van der Waals surface area contributed by atoms with E-state index in [-0.39, 0.29) is 23.6 Å². The summed E-state index contributed by atoms with van der Waals surface area (Å²) in [5.41, 5.74) is 2.38. The summed E-state index contributed by atoms with van der Waals surface area (Å²) < 4.78 is 13.2. The van der Waals surface area contributed by atoms with Gasteiger partial charge in [-0.1, -0.05) is 18.2 Å². The van der Waals surface area contributed by atoms with Gasteiger partial charge in [-0.2, -0.15) is 0 Å². The summed E-state index contributed by atoms with van der Waals surface area (Å²) >= 11 is 1.86. The maximum atomic E-state index is 13.2. The molecule has 3 rings (SSSR count). The van der Waals surface area contributed by atoms with E-state index in [2.05, 4.69) is 23.2 Å². The number of hydrogen-bond donors (Lipinski definition) is 1. The number of aromatic nitrogens is 1. The Morgan fingerprint density at radius 1 is 1.00 bits per heavy atom. The molecule has 0 saturated heterocycles. The highest BCUT2D eigenvalue weighted by Crippen LogP contribution is 2.53. The summed E-state index contributed by atoms with van der Waals surface area (Å²) in [6, 6.07) is 10.9. The average Bonchev–Trinajstić information content (AvgIpc) is 3.01. The van der Waals surface area contributed by atoms with Gasteiger partial charge < -0.3 is 5.11 Å². The smallest absolute Gasteiger partial charge is 0.123 e. The first-order valence-electron chi connectivity index (χ1n) is 7.91. The van der Waals surface area contributed by atoms with Crippen molar-refractivity contribution >= 4 is 11.8 Å². The van der Waals surface area contributed by atoms with Crippen LogP contribution in [0.25, 0.3) is 0 Å². The van der Waals surface area contributed by atoms with Gasteiger partial charge in [0.1, 0.15) is 5.82 Å². The van der Waals surface area contributed by atoms with Crippen LogP contribution in [-0.2, 0) is 0 Å².